The molecule has 0 spiro atoms. The summed E-state index contributed by atoms with van der Waals surface area (Å²) in [4.78, 5) is 0. The standard InChI is InChI=1S/C11H13NO2/c13-10-3-1-2-7-8(10)6-9-11(7)14-5-4-12-9/h1-3,9,11-13H,4-6H2. The normalized spacial score (nSPS) is 29.7. The van der Waals surface area contributed by atoms with Crippen LogP contribution in [0.4, 0.5) is 0 Å². The third-order valence-corrected chi connectivity index (χ3v) is 3.09. The first-order valence-corrected chi connectivity index (χ1v) is 5.02. The summed E-state index contributed by atoms with van der Waals surface area (Å²) in [6.07, 6.45) is 1.03. The topological polar surface area (TPSA) is 41.5 Å². The number of phenolic OH excluding ortho intramolecular Hbond substituents is 1. The second-order valence-electron chi connectivity index (χ2n) is 3.90. The highest BCUT2D eigenvalue weighted by molar-refractivity contribution is 5.45. The Bertz CT molecular complexity index is 364. The fraction of sp³-hybridized carbons (Fsp3) is 0.455. The lowest BCUT2D eigenvalue weighted by Gasteiger charge is -2.27. The lowest BCUT2D eigenvalue weighted by Crippen LogP contribution is -2.41. The maximum absolute atomic E-state index is 9.70. The Morgan fingerprint density at radius 2 is 2.36 bits per heavy atom. The molecule has 1 heterocycles. The quantitative estimate of drug-likeness (QED) is 0.642. The molecule has 2 N–H and O–H groups in total. The number of ether oxygens (including phenoxy) is 1. The molecule has 0 radical (unpaired) electrons. The zero-order chi connectivity index (χ0) is 9.54. The molecule has 1 aliphatic heterocycles. The van der Waals surface area contributed by atoms with Gasteiger partial charge in [-0.2, -0.15) is 0 Å². The van der Waals surface area contributed by atoms with Gasteiger partial charge in [-0.25, -0.2) is 0 Å². The molecule has 2 atom stereocenters. The minimum absolute atomic E-state index is 0.144. The number of hydrogen-bond acceptors (Lipinski definition) is 3. The minimum atomic E-state index is 0.144. The Kier molecular flexibility index (Phi) is 1.75. The molecule has 0 amide bonds. The van der Waals surface area contributed by atoms with Crippen molar-refractivity contribution in [1.29, 1.82) is 0 Å². The van der Waals surface area contributed by atoms with E-state index in [1.807, 2.05) is 12.1 Å². The molecular formula is C11H13NO2. The van der Waals surface area contributed by atoms with Gasteiger partial charge in [-0.05, 0) is 18.1 Å². The highest BCUT2D eigenvalue weighted by atomic mass is 16.5. The number of fused-ring (bicyclic) bond motifs is 3. The van der Waals surface area contributed by atoms with Gasteiger partial charge < -0.3 is 15.2 Å². The maximum atomic E-state index is 9.70. The zero-order valence-electron chi connectivity index (χ0n) is 7.86. The monoisotopic (exact) mass is 191 g/mol. The summed E-state index contributed by atoms with van der Waals surface area (Å²) >= 11 is 0. The van der Waals surface area contributed by atoms with Crippen LogP contribution in [0, 0.1) is 0 Å². The first-order valence-electron chi connectivity index (χ1n) is 5.02. The van der Waals surface area contributed by atoms with Crippen LogP contribution in [0.5, 0.6) is 5.75 Å². The molecule has 3 nitrogen and oxygen atoms in total. The summed E-state index contributed by atoms with van der Waals surface area (Å²) < 4.78 is 5.71. The van der Waals surface area contributed by atoms with Crippen molar-refractivity contribution in [2.45, 2.75) is 18.6 Å². The molecule has 1 aliphatic carbocycles. The van der Waals surface area contributed by atoms with E-state index in [-0.39, 0.29) is 6.10 Å². The van der Waals surface area contributed by atoms with Gasteiger partial charge in [0.1, 0.15) is 5.75 Å². The van der Waals surface area contributed by atoms with Crippen molar-refractivity contribution in [3.05, 3.63) is 29.3 Å². The van der Waals surface area contributed by atoms with Gasteiger partial charge in [-0.15, -0.1) is 0 Å². The summed E-state index contributed by atoms with van der Waals surface area (Å²) in [7, 11) is 0. The van der Waals surface area contributed by atoms with E-state index in [4.69, 9.17) is 4.74 Å². The highest BCUT2D eigenvalue weighted by Crippen LogP contribution is 2.39. The van der Waals surface area contributed by atoms with Crippen LogP contribution < -0.4 is 5.32 Å². The maximum Gasteiger partial charge on any atom is 0.119 e. The first kappa shape index (κ1) is 8.26. The summed E-state index contributed by atoms with van der Waals surface area (Å²) in [6, 6.07) is 6.03. The van der Waals surface area contributed by atoms with E-state index in [1.165, 1.54) is 0 Å². The van der Waals surface area contributed by atoms with E-state index in [2.05, 4.69) is 5.32 Å². The predicted octanol–water partition coefficient (Wildman–Crippen LogP) is 0.978. The van der Waals surface area contributed by atoms with Crippen molar-refractivity contribution >= 4 is 0 Å². The smallest absolute Gasteiger partial charge is 0.119 e. The first-order chi connectivity index (χ1) is 6.86. The Hall–Kier alpha value is -1.06. The van der Waals surface area contributed by atoms with Crippen molar-refractivity contribution in [2.24, 2.45) is 0 Å². The largest absolute Gasteiger partial charge is 0.508 e. The van der Waals surface area contributed by atoms with Crippen LogP contribution >= 0.6 is 0 Å². The third-order valence-electron chi connectivity index (χ3n) is 3.09. The average molecular weight is 191 g/mol. The Balaban J connectivity index is 2.05. The molecule has 3 rings (SSSR count). The van der Waals surface area contributed by atoms with Gasteiger partial charge in [0.05, 0.1) is 12.7 Å². The lowest BCUT2D eigenvalue weighted by molar-refractivity contribution is 0.00358. The number of morpholine rings is 1. The van der Waals surface area contributed by atoms with Gasteiger partial charge in [0.15, 0.2) is 0 Å². The fourth-order valence-corrected chi connectivity index (χ4v) is 2.44. The van der Waals surface area contributed by atoms with E-state index in [1.54, 1.807) is 6.07 Å². The van der Waals surface area contributed by atoms with Crippen LogP contribution in [0.15, 0.2) is 18.2 Å². The van der Waals surface area contributed by atoms with E-state index in [0.717, 1.165) is 30.7 Å². The summed E-state index contributed by atoms with van der Waals surface area (Å²) in [5, 5.41) is 13.1. The Morgan fingerprint density at radius 1 is 1.43 bits per heavy atom. The molecule has 0 bridgehead atoms. The molecule has 3 heteroatoms. The summed E-state index contributed by atoms with van der Waals surface area (Å²) in [6.45, 7) is 1.67. The van der Waals surface area contributed by atoms with Gasteiger partial charge >= 0.3 is 0 Å². The van der Waals surface area contributed by atoms with Gasteiger partial charge in [0.25, 0.3) is 0 Å². The second-order valence-corrected chi connectivity index (χ2v) is 3.90. The van der Waals surface area contributed by atoms with Crippen molar-refractivity contribution in [3.8, 4) is 5.75 Å². The number of benzene rings is 1. The second kappa shape index (κ2) is 2.97. The van der Waals surface area contributed by atoms with Crippen molar-refractivity contribution < 1.29 is 9.84 Å². The molecule has 1 aromatic rings. The van der Waals surface area contributed by atoms with Crippen LogP contribution in [-0.2, 0) is 11.2 Å². The summed E-state index contributed by atoms with van der Waals surface area (Å²) in [5.41, 5.74) is 2.21. The van der Waals surface area contributed by atoms with Gasteiger partial charge in [0, 0.05) is 18.2 Å². The molecule has 2 unspecified atom stereocenters. The lowest BCUT2D eigenvalue weighted by atomic mass is 10.1. The van der Waals surface area contributed by atoms with Crippen LogP contribution in [0.2, 0.25) is 0 Å². The SMILES string of the molecule is Oc1cccc2c1CC1NCCOC21. The number of hydrogen-bond donors (Lipinski definition) is 2. The molecule has 1 saturated heterocycles. The van der Waals surface area contributed by atoms with Crippen LogP contribution in [0.25, 0.3) is 0 Å². The van der Waals surface area contributed by atoms with Crippen molar-refractivity contribution in [3.63, 3.8) is 0 Å². The van der Waals surface area contributed by atoms with E-state index >= 15 is 0 Å². The number of nitrogens with one attached hydrogen (secondary N) is 1. The van der Waals surface area contributed by atoms with E-state index < -0.39 is 0 Å². The molecule has 1 fully saturated rings. The summed E-state index contributed by atoms with van der Waals surface area (Å²) in [5.74, 6) is 0.405. The van der Waals surface area contributed by atoms with Crippen molar-refractivity contribution in [2.75, 3.05) is 13.2 Å². The molecule has 14 heavy (non-hydrogen) atoms. The van der Waals surface area contributed by atoms with Crippen LogP contribution in [0.1, 0.15) is 17.2 Å². The number of aromatic hydroxyl groups is 1. The van der Waals surface area contributed by atoms with Crippen LogP contribution in [-0.4, -0.2) is 24.3 Å². The minimum Gasteiger partial charge on any atom is -0.508 e. The zero-order valence-corrected chi connectivity index (χ0v) is 7.86. The molecule has 0 aromatic heterocycles. The number of phenols is 1. The van der Waals surface area contributed by atoms with E-state index in [0.29, 0.717) is 11.8 Å². The molecule has 2 aliphatic rings. The van der Waals surface area contributed by atoms with Crippen molar-refractivity contribution in [1.82, 2.24) is 5.32 Å². The Morgan fingerprint density at radius 3 is 3.29 bits per heavy atom. The van der Waals surface area contributed by atoms with Gasteiger partial charge in [-0.1, -0.05) is 12.1 Å². The van der Waals surface area contributed by atoms with Crippen LogP contribution in [0.3, 0.4) is 0 Å². The molecule has 74 valence electrons. The molecule has 1 aromatic carbocycles. The average Bonchev–Trinajstić information content (AvgIpc) is 2.59. The Labute approximate surface area is 82.7 Å². The fourth-order valence-electron chi connectivity index (χ4n) is 2.44. The van der Waals surface area contributed by atoms with E-state index in [9.17, 15) is 5.11 Å². The van der Waals surface area contributed by atoms with Gasteiger partial charge in [-0.3, -0.25) is 0 Å². The predicted molar refractivity (Wildman–Crippen MR) is 52.3 cm³/mol. The van der Waals surface area contributed by atoms with Gasteiger partial charge in [0.2, 0.25) is 0 Å². The third kappa shape index (κ3) is 1.06. The molecular weight excluding hydrogens is 178 g/mol. The number of rotatable bonds is 0. The highest BCUT2D eigenvalue weighted by Gasteiger charge is 2.36. The molecule has 0 saturated carbocycles.